The average molecular weight is 388 g/mol. The van der Waals surface area contributed by atoms with Crippen molar-refractivity contribution in [2.45, 2.75) is 12.7 Å². The van der Waals surface area contributed by atoms with Crippen molar-refractivity contribution >= 4 is 11.7 Å². The predicted octanol–water partition coefficient (Wildman–Crippen LogP) is 2.74. The number of amides is 1. The Morgan fingerprint density at radius 1 is 1.25 bits per heavy atom. The van der Waals surface area contributed by atoms with Crippen LogP contribution in [0, 0.1) is 12.3 Å². The maximum atomic E-state index is 13.6. The third-order valence-corrected chi connectivity index (χ3v) is 4.45. The highest BCUT2D eigenvalue weighted by molar-refractivity contribution is 6.04. The number of piperazine rings is 1. The third kappa shape index (κ3) is 4.88. The molecule has 0 saturated carbocycles. The van der Waals surface area contributed by atoms with E-state index in [1.54, 1.807) is 6.07 Å². The number of nitrogens with zero attached hydrogens (tertiary/aromatic N) is 2. The van der Waals surface area contributed by atoms with E-state index >= 15 is 0 Å². The number of pyridine rings is 1. The molecule has 2 aromatic rings. The molecule has 3 rings (SSSR count). The van der Waals surface area contributed by atoms with Crippen molar-refractivity contribution in [3.8, 4) is 12.3 Å². The molecule has 1 amide bonds. The number of carbonyl (C=O) groups is 1. The Kier molecular flexibility index (Phi) is 5.97. The summed E-state index contributed by atoms with van der Waals surface area (Å²) in [5.74, 6) is 1.91. The minimum Gasteiger partial charge on any atom is -0.314 e. The maximum Gasteiger partial charge on any atom is 0.416 e. The van der Waals surface area contributed by atoms with Gasteiger partial charge in [-0.25, -0.2) is 4.98 Å². The van der Waals surface area contributed by atoms with Gasteiger partial charge in [0, 0.05) is 50.0 Å². The fraction of sp³-hybridized carbons (Fsp3) is 0.300. The van der Waals surface area contributed by atoms with Crippen LogP contribution < -0.4 is 10.6 Å². The number of halogens is 3. The minimum absolute atomic E-state index is 0.0932. The summed E-state index contributed by atoms with van der Waals surface area (Å²) in [7, 11) is 0. The number of alkyl halides is 3. The van der Waals surface area contributed by atoms with Crippen molar-refractivity contribution in [3.05, 3.63) is 58.8 Å². The van der Waals surface area contributed by atoms with Crippen molar-refractivity contribution in [1.82, 2.24) is 15.2 Å². The van der Waals surface area contributed by atoms with Crippen molar-refractivity contribution in [1.29, 1.82) is 0 Å². The molecule has 1 aromatic carbocycles. The van der Waals surface area contributed by atoms with Crippen LogP contribution in [0.15, 0.2) is 36.5 Å². The smallest absolute Gasteiger partial charge is 0.314 e. The first-order valence-electron chi connectivity index (χ1n) is 8.74. The first-order chi connectivity index (χ1) is 13.4. The second-order valence-corrected chi connectivity index (χ2v) is 6.42. The summed E-state index contributed by atoms with van der Waals surface area (Å²) in [6.07, 6.45) is 2.16. The van der Waals surface area contributed by atoms with E-state index in [9.17, 15) is 18.0 Å². The number of hydrogen-bond acceptors (Lipinski definition) is 4. The van der Waals surface area contributed by atoms with Gasteiger partial charge in [0.15, 0.2) is 0 Å². The fourth-order valence-corrected chi connectivity index (χ4v) is 3.01. The Morgan fingerprint density at radius 2 is 2.00 bits per heavy atom. The molecule has 2 N–H and O–H groups in total. The number of rotatable bonds is 4. The lowest BCUT2D eigenvalue weighted by Crippen LogP contribution is -2.43. The molecule has 0 atom stereocenters. The normalized spacial score (nSPS) is 15.1. The molecule has 1 aromatic heterocycles. The number of benzene rings is 1. The number of terminal acetylenes is 1. The summed E-state index contributed by atoms with van der Waals surface area (Å²) in [5.41, 5.74) is -0.237. The molecule has 0 unspecified atom stereocenters. The third-order valence-electron chi connectivity index (χ3n) is 4.45. The number of carbonyl (C=O) groups excluding carboxylic acids is 1. The topological polar surface area (TPSA) is 57.3 Å². The summed E-state index contributed by atoms with van der Waals surface area (Å²) in [6, 6.07) is 6.71. The molecule has 0 radical (unpaired) electrons. The van der Waals surface area contributed by atoms with Gasteiger partial charge < -0.3 is 10.6 Å². The highest BCUT2D eigenvalue weighted by Gasteiger charge is 2.34. The van der Waals surface area contributed by atoms with Gasteiger partial charge >= 0.3 is 6.18 Å². The van der Waals surface area contributed by atoms with Crippen molar-refractivity contribution in [3.63, 3.8) is 0 Å². The lowest BCUT2D eigenvalue weighted by Gasteiger charge is -2.28. The summed E-state index contributed by atoms with van der Waals surface area (Å²) in [6.45, 7) is 3.02. The Bertz CT molecular complexity index is 899. The van der Waals surface area contributed by atoms with Gasteiger partial charge in [-0.3, -0.25) is 9.69 Å². The number of anilines is 1. The molecular weight excluding hydrogens is 369 g/mol. The van der Waals surface area contributed by atoms with E-state index in [-0.39, 0.29) is 23.5 Å². The van der Waals surface area contributed by atoms with Crippen LogP contribution in [-0.4, -0.2) is 42.0 Å². The summed E-state index contributed by atoms with van der Waals surface area (Å²) in [4.78, 5) is 18.3. The average Bonchev–Trinajstić information content (AvgIpc) is 2.68. The van der Waals surface area contributed by atoms with Crippen LogP contribution in [0.25, 0.3) is 0 Å². The summed E-state index contributed by atoms with van der Waals surface area (Å²) >= 11 is 0. The van der Waals surface area contributed by atoms with E-state index in [0.29, 0.717) is 18.7 Å². The van der Waals surface area contributed by atoms with Crippen molar-refractivity contribution in [2.75, 3.05) is 31.5 Å². The van der Waals surface area contributed by atoms with E-state index in [1.807, 2.05) is 4.90 Å². The molecule has 0 spiro atoms. The van der Waals surface area contributed by atoms with Gasteiger partial charge in [-0.05, 0) is 29.8 Å². The molecule has 1 saturated heterocycles. The first-order valence-corrected chi connectivity index (χ1v) is 8.74. The minimum atomic E-state index is -4.55. The number of aromatic nitrogens is 1. The zero-order chi connectivity index (χ0) is 20.1. The lowest BCUT2D eigenvalue weighted by atomic mass is 10.0. The molecule has 146 valence electrons. The van der Waals surface area contributed by atoms with E-state index in [4.69, 9.17) is 6.42 Å². The van der Waals surface area contributed by atoms with E-state index in [1.165, 1.54) is 24.4 Å². The molecule has 5 nitrogen and oxygen atoms in total. The molecule has 2 heterocycles. The zero-order valence-corrected chi connectivity index (χ0v) is 15.0. The second-order valence-electron chi connectivity index (χ2n) is 6.42. The SMILES string of the molecule is C#Cc1ccnc(NC(=O)c2ccc(CN3CCNCC3)c(C(F)(F)F)c2)c1. The van der Waals surface area contributed by atoms with Gasteiger partial charge in [0.25, 0.3) is 5.91 Å². The van der Waals surface area contributed by atoms with E-state index in [0.717, 1.165) is 19.2 Å². The van der Waals surface area contributed by atoms with Crippen LogP contribution in [0.1, 0.15) is 27.0 Å². The van der Waals surface area contributed by atoms with Crippen molar-refractivity contribution in [2.24, 2.45) is 0 Å². The van der Waals surface area contributed by atoms with Gasteiger partial charge in [0.1, 0.15) is 5.82 Å². The lowest BCUT2D eigenvalue weighted by molar-refractivity contribution is -0.138. The van der Waals surface area contributed by atoms with Gasteiger partial charge in [0.05, 0.1) is 5.56 Å². The highest BCUT2D eigenvalue weighted by atomic mass is 19.4. The molecule has 1 aliphatic rings. The molecule has 28 heavy (non-hydrogen) atoms. The van der Waals surface area contributed by atoms with Crippen LogP contribution in [0.3, 0.4) is 0 Å². The molecule has 1 fully saturated rings. The van der Waals surface area contributed by atoms with Crippen LogP contribution in [0.2, 0.25) is 0 Å². The fourth-order valence-electron chi connectivity index (χ4n) is 3.01. The largest absolute Gasteiger partial charge is 0.416 e. The highest BCUT2D eigenvalue weighted by Crippen LogP contribution is 2.33. The Hall–Kier alpha value is -2.89. The Morgan fingerprint density at radius 3 is 2.68 bits per heavy atom. The Labute approximate surface area is 161 Å². The van der Waals surface area contributed by atoms with Gasteiger partial charge in [-0.2, -0.15) is 13.2 Å². The molecule has 0 bridgehead atoms. The number of nitrogens with one attached hydrogen (secondary N) is 2. The second kappa shape index (κ2) is 8.42. The Balaban J connectivity index is 1.83. The van der Waals surface area contributed by atoms with Gasteiger partial charge in [-0.15, -0.1) is 6.42 Å². The van der Waals surface area contributed by atoms with E-state index in [2.05, 4.69) is 21.5 Å². The van der Waals surface area contributed by atoms with Gasteiger partial charge in [0.2, 0.25) is 0 Å². The first kappa shape index (κ1) is 19.9. The van der Waals surface area contributed by atoms with Crippen LogP contribution in [0.5, 0.6) is 0 Å². The predicted molar refractivity (Wildman–Crippen MR) is 99.7 cm³/mol. The van der Waals surface area contributed by atoms with E-state index < -0.39 is 17.6 Å². The zero-order valence-electron chi connectivity index (χ0n) is 15.0. The van der Waals surface area contributed by atoms with Crippen LogP contribution >= 0.6 is 0 Å². The maximum absolute atomic E-state index is 13.6. The van der Waals surface area contributed by atoms with Crippen molar-refractivity contribution < 1.29 is 18.0 Å². The quantitative estimate of drug-likeness (QED) is 0.791. The molecular formula is C20H19F3N4O. The standard InChI is InChI=1S/C20H19F3N4O/c1-2-14-5-6-25-18(11-14)26-19(28)15-3-4-16(17(12-15)20(21,22)23)13-27-9-7-24-8-10-27/h1,3-6,11-12,24H,7-10,13H2,(H,25,26,28). The van der Waals surface area contributed by atoms with Gasteiger partial charge in [-0.1, -0.05) is 12.0 Å². The number of hydrogen-bond donors (Lipinski definition) is 2. The molecule has 1 aliphatic heterocycles. The van der Waals surface area contributed by atoms with Crippen LogP contribution in [-0.2, 0) is 12.7 Å². The van der Waals surface area contributed by atoms with Crippen LogP contribution in [0.4, 0.5) is 19.0 Å². The monoisotopic (exact) mass is 388 g/mol. The summed E-state index contributed by atoms with van der Waals surface area (Å²) in [5, 5.41) is 5.65. The molecule has 8 heteroatoms. The summed E-state index contributed by atoms with van der Waals surface area (Å²) < 4.78 is 40.7. The molecule has 0 aliphatic carbocycles.